The molecule has 0 unspecified atom stereocenters. The first kappa shape index (κ1) is 17.0. The molecule has 0 atom stereocenters. The second kappa shape index (κ2) is 7.30. The molecule has 0 spiro atoms. The lowest BCUT2D eigenvalue weighted by atomic mass is 10.0. The third kappa shape index (κ3) is 4.83. The summed E-state index contributed by atoms with van der Waals surface area (Å²) in [5.74, 6) is 0. The fraction of sp³-hybridized carbons (Fsp3) is 0.625. The van der Waals surface area contributed by atoms with Crippen LogP contribution in [0.5, 0.6) is 0 Å². The number of benzene rings is 1. The van der Waals surface area contributed by atoms with E-state index in [4.69, 9.17) is 23.2 Å². The Morgan fingerprint density at radius 3 is 2.48 bits per heavy atom. The molecule has 1 fully saturated rings. The molecule has 0 aromatic heterocycles. The smallest absolute Gasteiger partial charge is 0.0451 e. The van der Waals surface area contributed by atoms with Gasteiger partial charge in [0.25, 0.3) is 0 Å². The summed E-state index contributed by atoms with van der Waals surface area (Å²) in [6.45, 7) is 10.8. The zero-order chi connectivity index (χ0) is 15.5. The highest BCUT2D eigenvalue weighted by Gasteiger charge is 2.28. The summed E-state index contributed by atoms with van der Waals surface area (Å²) in [6.07, 6.45) is 0. The van der Waals surface area contributed by atoms with Crippen molar-refractivity contribution in [1.29, 1.82) is 0 Å². The lowest BCUT2D eigenvalue weighted by Crippen LogP contribution is -2.57. The van der Waals surface area contributed by atoms with Gasteiger partial charge in [0.15, 0.2) is 0 Å². The lowest BCUT2D eigenvalue weighted by Gasteiger charge is -2.43. The summed E-state index contributed by atoms with van der Waals surface area (Å²) in [4.78, 5) is 4.94. The van der Waals surface area contributed by atoms with Gasteiger partial charge in [-0.05, 0) is 44.7 Å². The van der Waals surface area contributed by atoms with Crippen LogP contribution in [0.4, 0.5) is 0 Å². The normalized spacial score (nSPS) is 18.1. The Kier molecular flexibility index (Phi) is 5.92. The van der Waals surface area contributed by atoms with Gasteiger partial charge in [0.1, 0.15) is 0 Å². The molecule has 3 nitrogen and oxygen atoms in total. The van der Waals surface area contributed by atoms with Crippen molar-refractivity contribution < 1.29 is 0 Å². The Morgan fingerprint density at radius 1 is 1.14 bits per heavy atom. The van der Waals surface area contributed by atoms with E-state index in [9.17, 15) is 0 Å². The van der Waals surface area contributed by atoms with Gasteiger partial charge in [-0.2, -0.15) is 0 Å². The SMILES string of the molecule is CN1CCN(C(C)(C)CNCc2cc(Cl)ccc2Cl)CC1. The van der Waals surface area contributed by atoms with Crippen LogP contribution in [0, 0.1) is 0 Å². The molecule has 1 aliphatic rings. The van der Waals surface area contributed by atoms with Crippen molar-refractivity contribution in [3.63, 3.8) is 0 Å². The average Bonchev–Trinajstić information content (AvgIpc) is 2.43. The average molecular weight is 330 g/mol. The molecule has 5 heteroatoms. The van der Waals surface area contributed by atoms with Crippen molar-refractivity contribution in [3.05, 3.63) is 33.8 Å². The maximum atomic E-state index is 6.20. The van der Waals surface area contributed by atoms with Gasteiger partial charge in [0, 0.05) is 54.9 Å². The van der Waals surface area contributed by atoms with Gasteiger partial charge >= 0.3 is 0 Å². The van der Waals surface area contributed by atoms with Crippen LogP contribution in [-0.4, -0.2) is 55.1 Å². The molecule has 1 aromatic rings. The molecule has 1 saturated heterocycles. The van der Waals surface area contributed by atoms with Gasteiger partial charge in [-0.3, -0.25) is 4.90 Å². The third-order valence-corrected chi connectivity index (χ3v) is 4.84. The van der Waals surface area contributed by atoms with Crippen molar-refractivity contribution in [1.82, 2.24) is 15.1 Å². The quantitative estimate of drug-likeness (QED) is 0.895. The van der Waals surface area contributed by atoms with E-state index < -0.39 is 0 Å². The first-order chi connectivity index (χ1) is 9.88. The van der Waals surface area contributed by atoms with E-state index in [0.29, 0.717) is 0 Å². The van der Waals surface area contributed by atoms with E-state index >= 15 is 0 Å². The molecule has 1 aliphatic heterocycles. The number of hydrogen-bond donors (Lipinski definition) is 1. The van der Waals surface area contributed by atoms with Crippen LogP contribution in [0.1, 0.15) is 19.4 Å². The number of rotatable bonds is 5. The Morgan fingerprint density at radius 2 is 1.81 bits per heavy atom. The van der Waals surface area contributed by atoms with Gasteiger partial charge in [-0.25, -0.2) is 0 Å². The van der Waals surface area contributed by atoms with Crippen molar-refractivity contribution in [2.24, 2.45) is 0 Å². The predicted octanol–water partition coefficient (Wildman–Crippen LogP) is 3.11. The summed E-state index contributed by atoms with van der Waals surface area (Å²) >= 11 is 12.2. The summed E-state index contributed by atoms with van der Waals surface area (Å²) in [7, 11) is 2.18. The lowest BCUT2D eigenvalue weighted by molar-refractivity contribution is 0.0618. The van der Waals surface area contributed by atoms with Gasteiger partial charge in [-0.15, -0.1) is 0 Å². The Labute approximate surface area is 138 Å². The minimum absolute atomic E-state index is 0.145. The van der Waals surface area contributed by atoms with Gasteiger partial charge in [-0.1, -0.05) is 23.2 Å². The van der Waals surface area contributed by atoms with Crippen LogP contribution in [0.25, 0.3) is 0 Å². The second-order valence-electron chi connectivity index (χ2n) is 6.44. The highest BCUT2D eigenvalue weighted by atomic mass is 35.5. The highest BCUT2D eigenvalue weighted by Crippen LogP contribution is 2.21. The zero-order valence-corrected chi connectivity index (χ0v) is 14.6. The van der Waals surface area contributed by atoms with Crippen molar-refractivity contribution in [2.75, 3.05) is 39.8 Å². The third-order valence-electron chi connectivity index (χ3n) is 4.24. The maximum absolute atomic E-state index is 6.20. The van der Waals surface area contributed by atoms with Gasteiger partial charge in [0.2, 0.25) is 0 Å². The molecule has 0 aliphatic carbocycles. The van der Waals surface area contributed by atoms with E-state index in [1.165, 1.54) is 0 Å². The van der Waals surface area contributed by atoms with Crippen LogP contribution < -0.4 is 5.32 Å². The Bertz CT molecular complexity index is 469. The number of nitrogens with zero attached hydrogens (tertiary/aromatic N) is 2. The van der Waals surface area contributed by atoms with Crippen molar-refractivity contribution in [2.45, 2.75) is 25.9 Å². The molecule has 21 heavy (non-hydrogen) atoms. The largest absolute Gasteiger partial charge is 0.311 e. The molecule has 1 N–H and O–H groups in total. The number of piperazine rings is 1. The summed E-state index contributed by atoms with van der Waals surface area (Å²) in [6, 6.07) is 5.60. The van der Waals surface area contributed by atoms with Crippen LogP contribution in [-0.2, 0) is 6.54 Å². The predicted molar refractivity (Wildman–Crippen MR) is 91.3 cm³/mol. The number of nitrogens with one attached hydrogen (secondary N) is 1. The fourth-order valence-corrected chi connectivity index (χ4v) is 3.08. The summed E-state index contributed by atoms with van der Waals surface area (Å²) in [5.41, 5.74) is 1.20. The minimum Gasteiger partial charge on any atom is -0.311 e. The number of halogens is 2. The topological polar surface area (TPSA) is 18.5 Å². The minimum atomic E-state index is 0.145. The van der Waals surface area contributed by atoms with Crippen LogP contribution in [0.15, 0.2) is 18.2 Å². The van der Waals surface area contributed by atoms with Gasteiger partial charge in [0.05, 0.1) is 0 Å². The molecule has 0 radical (unpaired) electrons. The molecular formula is C16H25Cl2N3. The van der Waals surface area contributed by atoms with Crippen LogP contribution in [0.3, 0.4) is 0 Å². The second-order valence-corrected chi connectivity index (χ2v) is 7.29. The van der Waals surface area contributed by atoms with Crippen LogP contribution >= 0.6 is 23.2 Å². The number of likely N-dealkylation sites (N-methyl/N-ethyl adjacent to an activating group) is 1. The molecule has 2 rings (SSSR count). The molecule has 118 valence electrons. The standard InChI is InChI=1S/C16H25Cl2N3/c1-16(2,21-8-6-20(3)7-9-21)12-19-11-13-10-14(17)4-5-15(13)18/h4-5,10,19H,6-9,11-12H2,1-3H3. The summed E-state index contributed by atoms with van der Waals surface area (Å²) in [5, 5.41) is 5.02. The van der Waals surface area contributed by atoms with Crippen molar-refractivity contribution in [3.8, 4) is 0 Å². The fourth-order valence-electron chi connectivity index (χ4n) is 2.71. The molecule has 0 saturated carbocycles. The molecule has 0 amide bonds. The van der Waals surface area contributed by atoms with E-state index in [0.717, 1.165) is 54.9 Å². The van der Waals surface area contributed by atoms with Gasteiger partial charge < -0.3 is 10.2 Å². The van der Waals surface area contributed by atoms with E-state index in [2.05, 4.69) is 36.0 Å². The van der Waals surface area contributed by atoms with E-state index in [-0.39, 0.29) is 5.54 Å². The van der Waals surface area contributed by atoms with E-state index in [1.807, 2.05) is 18.2 Å². The Balaban J connectivity index is 1.85. The monoisotopic (exact) mass is 329 g/mol. The molecule has 0 bridgehead atoms. The first-order valence-electron chi connectivity index (χ1n) is 7.47. The zero-order valence-electron chi connectivity index (χ0n) is 13.1. The molecular weight excluding hydrogens is 305 g/mol. The summed E-state index contributed by atoms with van der Waals surface area (Å²) < 4.78 is 0. The first-order valence-corrected chi connectivity index (χ1v) is 8.22. The van der Waals surface area contributed by atoms with E-state index in [1.54, 1.807) is 0 Å². The highest BCUT2D eigenvalue weighted by molar-refractivity contribution is 6.33. The van der Waals surface area contributed by atoms with Crippen molar-refractivity contribution >= 4 is 23.2 Å². The maximum Gasteiger partial charge on any atom is 0.0451 e. The molecule has 1 aromatic carbocycles. The van der Waals surface area contributed by atoms with Crippen LogP contribution in [0.2, 0.25) is 10.0 Å². The number of hydrogen-bond acceptors (Lipinski definition) is 3. The molecule has 1 heterocycles. The Hall–Kier alpha value is -0.320.